The highest BCUT2D eigenvalue weighted by molar-refractivity contribution is 6.30. The summed E-state index contributed by atoms with van der Waals surface area (Å²) in [6.07, 6.45) is 7.87. The summed E-state index contributed by atoms with van der Waals surface area (Å²) in [7, 11) is 0. The van der Waals surface area contributed by atoms with Crippen molar-refractivity contribution in [2.45, 2.75) is 70.4 Å². The molecule has 1 saturated carbocycles. The van der Waals surface area contributed by atoms with Crippen molar-refractivity contribution in [1.29, 1.82) is 0 Å². The topological polar surface area (TPSA) is 20.3 Å². The fourth-order valence-electron chi connectivity index (χ4n) is 5.63. The summed E-state index contributed by atoms with van der Waals surface area (Å²) in [6, 6.07) is 16.5. The zero-order valence-electron chi connectivity index (χ0n) is 19.1. The van der Waals surface area contributed by atoms with Gasteiger partial charge in [0.25, 0.3) is 0 Å². The number of carbonyl (C=O) groups is 1. The summed E-state index contributed by atoms with van der Waals surface area (Å²) in [5, 5.41) is 1.45. The number of hydrogen-bond donors (Lipinski definition) is 0. The molecular formula is C28H33Cl2NO. The second-order valence-electron chi connectivity index (χ2n) is 9.82. The SMILES string of the molecule is C=CC[C@]1(C)C[C@H](c2cccc(Cl)c2)[C@@H](c2ccc(Cl)cc2)N(C(CCC)C2CC2)C1=O. The third kappa shape index (κ3) is 4.63. The van der Waals surface area contributed by atoms with Gasteiger partial charge in [-0.3, -0.25) is 4.79 Å². The molecule has 1 saturated heterocycles. The second kappa shape index (κ2) is 9.61. The first-order valence-electron chi connectivity index (χ1n) is 11.8. The molecule has 1 aliphatic heterocycles. The van der Waals surface area contributed by atoms with Gasteiger partial charge in [0.05, 0.1) is 11.5 Å². The zero-order valence-corrected chi connectivity index (χ0v) is 20.6. The van der Waals surface area contributed by atoms with Crippen LogP contribution in [0.5, 0.6) is 0 Å². The van der Waals surface area contributed by atoms with E-state index < -0.39 is 5.41 Å². The predicted molar refractivity (Wildman–Crippen MR) is 134 cm³/mol. The van der Waals surface area contributed by atoms with Crippen LogP contribution < -0.4 is 0 Å². The van der Waals surface area contributed by atoms with E-state index in [1.165, 1.54) is 18.4 Å². The molecule has 0 N–H and O–H groups in total. The highest BCUT2D eigenvalue weighted by atomic mass is 35.5. The Morgan fingerprint density at radius 3 is 2.44 bits per heavy atom. The molecule has 4 rings (SSSR count). The molecule has 2 nitrogen and oxygen atoms in total. The molecule has 0 spiro atoms. The van der Waals surface area contributed by atoms with E-state index in [0.717, 1.165) is 29.8 Å². The van der Waals surface area contributed by atoms with E-state index in [-0.39, 0.29) is 23.9 Å². The van der Waals surface area contributed by atoms with Crippen molar-refractivity contribution in [2.24, 2.45) is 11.3 Å². The van der Waals surface area contributed by atoms with E-state index in [4.69, 9.17) is 23.2 Å². The Labute approximate surface area is 202 Å². The first kappa shape index (κ1) is 23.4. The van der Waals surface area contributed by atoms with E-state index in [1.807, 2.05) is 30.3 Å². The third-order valence-electron chi connectivity index (χ3n) is 7.29. The van der Waals surface area contributed by atoms with Gasteiger partial charge in [-0.1, -0.05) is 73.8 Å². The van der Waals surface area contributed by atoms with Gasteiger partial charge in [0.1, 0.15) is 0 Å². The molecule has 2 aromatic carbocycles. The van der Waals surface area contributed by atoms with Crippen LogP contribution >= 0.6 is 23.2 Å². The smallest absolute Gasteiger partial charge is 0.229 e. The van der Waals surface area contributed by atoms with E-state index in [2.05, 4.69) is 49.6 Å². The Balaban J connectivity index is 1.89. The fourth-order valence-corrected chi connectivity index (χ4v) is 5.96. The lowest BCUT2D eigenvalue weighted by Crippen LogP contribution is -2.56. The van der Waals surface area contributed by atoms with Gasteiger partial charge in [0, 0.05) is 22.0 Å². The van der Waals surface area contributed by atoms with Crippen molar-refractivity contribution in [2.75, 3.05) is 0 Å². The van der Waals surface area contributed by atoms with Gasteiger partial charge in [-0.2, -0.15) is 0 Å². The summed E-state index contributed by atoms with van der Waals surface area (Å²) in [5.74, 6) is 1.01. The molecule has 0 radical (unpaired) electrons. The molecule has 2 fully saturated rings. The second-order valence-corrected chi connectivity index (χ2v) is 10.7. The van der Waals surface area contributed by atoms with Crippen LogP contribution in [0.2, 0.25) is 10.0 Å². The Morgan fingerprint density at radius 2 is 1.84 bits per heavy atom. The van der Waals surface area contributed by atoms with E-state index in [9.17, 15) is 4.79 Å². The van der Waals surface area contributed by atoms with E-state index in [1.54, 1.807) is 0 Å². The van der Waals surface area contributed by atoms with Crippen LogP contribution in [0.15, 0.2) is 61.2 Å². The van der Waals surface area contributed by atoms with Gasteiger partial charge >= 0.3 is 0 Å². The van der Waals surface area contributed by atoms with Crippen molar-refractivity contribution < 1.29 is 4.79 Å². The Bertz CT molecular complexity index is 968. The van der Waals surface area contributed by atoms with E-state index >= 15 is 0 Å². The Hall–Kier alpha value is -1.77. The number of rotatable bonds is 8. The van der Waals surface area contributed by atoms with Crippen LogP contribution in [0.3, 0.4) is 0 Å². The number of likely N-dealkylation sites (tertiary alicyclic amines) is 1. The normalized spacial score (nSPS) is 26.8. The molecule has 1 unspecified atom stereocenters. The molecule has 1 amide bonds. The van der Waals surface area contributed by atoms with Crippen LogP contribution in [-0.2, 0) is 4.79 Å². The highest BCUT2D eigenvalue weighted by Gasteiger charge is 2.53. The minimum Gasteiger partial charge on any atom is -0.331 e. The van der Waals surface area contributed by atoms with Crippen molar-refractivity contribution in [3.63, 3.8) is 0 Å². The zero-order chi connectivity index (χ0) is 22.9. The highest BCUT2D eigenvalue weighted by Crippen LogP contribution is 2.54. The van der Waals surface area contributed by atoms with Gasteiger partial charge in [-0.25, -0.2) is 0 Å². The average Bonchev–Trinajstić information content (AvgIpc) is 3.60. The molecule has 1 aliphatic carbocycles. The van der Waals surface area contributed by atoms with Crippen LogP contribution in [0, 0.1) is 11.3 Å². The van der Waals surface area contributed by atoms with Gasteiger partial charge in [0.15, 0.2) is 0 Å². The maximum absolute atomic E-state index is 14.2. The number of nitrogens with zero attached hydrogens (tertiary/aromatic N) is 1. The van der Waals surface area contributed by atoms with Gasteiger partial charge in [-0.15, -0.1) is 6.58 Å². The van der Waals surface area contributed by atoms with Gasteiger partial charge in [0.2, 0.25) is 5.91 Å². The maximum Gasteiger partial charge on any atom is 0.229 e. The quantitative estimate of drug-likeness (QED) is 0.356. The molecule has 4 heteroatoms. The van der Waals surface area contributed by atoms with Crippen LogP contribution in [0.1, 0.15) is 75.5 Å². The third-order valence-corrected chi connectivity index (χ3v) is 7.78. The molecule has 0 bridgehead atoms. The molecule has 32 heavy (non-hydrogen) atoms. The van der Waals surface area contributed by atoms with Gasteiger partial charge < -0.3 is 4.90 Å². The fraction of sp³-hybridized carbons (Fsp3) is 0.464. The number of piperidine rings is 1. The molecule has 1 heterocycles. The lowest BCUT2D eigenvalue weighted by molar-refractivity contribution is -0.155. The lowest BCUT2D eigenvalue weighted by atomic mass is 9.67. The van der Waals surface area contributed by atoms with Crippen molar-refractivity contribution in [1.82, 2.24) is 4.90 Å². The molecule has 2 aromatic rings. The Kier molecular flexibility index (Phi) is 7.03. The van der Waals surface area contributed by atoms with Crippen molar-refractivity contribution >= 4 is 29.1 Å². The number of halogens is 2. The minimum absolute atomic E-state index is 0.0340. The van der Waals surface area contributed by atoms with E-state index in [0.29, 0.717) is 17.4 Å². The molecule has 170 valence electrons. The van der Waals surface area contributed by atoms with Crippen LogP contribution in [-0.4, -0.2) is 16.8 Å². The lowest BCUT2D eigenvalue weighted by Gasteiger charge is -2.52. The average molecular weight is 470 g/mol. The molecule has 2 aliphatic rings. The standard InChI is InChI=1S/C28H33Cl2NO/c1-4-7-25(19-10-11-19)31-26(20-12-14-22(29)15-13-20)24(21-8-6-9-23(30)17-21)18-28(3,16-5-2)27(31)32/h5-6,8-9,12-15,17,19,24-26H,2,4,7,10-11,16,18H2,1,3H3/t24-,25?,26-,28-/m1/s1. The number of allylic oxidation sites excluding steroid dienone is 1. The van der Waals surface area contributed by atoms with Crippen LogP contribution in [0.4, 0.5) is 0 Å². The monoisotopic (exact) mass is 469 g/mol. The first-order chi connectivity index (χ1) is 15.4. The van der Waals surface area contributed by atoms with Crippen molar-refractivity contribution in [3.05, 3.63) is 82.4 Å². The summed E-state index contributed by atoms with van der Waals surface area (Å²) in [4.78, 5) is 16.5. The van der Waals surface area contributed by atoms with Crippen LogP contribution in [0.25, 0.3) is 0 Å². The number of amides is 1. The summed E-state index contributed by atoms with van der Waals surface area (Å²) in [5.41, 5.74) is 1.87. The minimum atomic E-state index is -0.474. The summed E-state index contributed by atoms with van der Waals surface area (Å²) < 4.78 is 0. The largest absolute Gasteiger partial charge is 0.331 e. The molecule has 0 aromatic heterocycles. The van der Waals surface area contributed by atoms with Gasteiger partial charge in [-0.05, 0) is 73.4 Å². The summed E-state index contributed by atoms with van der Waals surface area (Å²) in [6.45, 7) is 8.32. The number of benzene rings is 2. The molecule has 4 atom stereocenters. The maximum atomic E-state index is 14.2. The first-order valence-corrected chi connectivity index (χ1v) is 12.6. The van der Waals surface area contributed by atoms with Crippen molar-refractivity contribution in [3.8, 4) is 0 Å². The summed E-state index contributed by atoms with van der Waals surface area (Å²) >= 11 is 12.7. The Morgan fingerprint density at radius 1 is 1.12 bits per heavy atom. The number of hydrogen-bond acceptors (Lipinski definition) is 1. The molecular weight excluding hydrogens is 437 g/mol. The predicted octanol–water partition coefficient (Wildman–Crippen LogP) is 8.21. The number of carbonyl (C=O) groups excluding carboxylic acids is 1.